The van der Waals surface area contributed by atoms with Crippen LogP contribution >= 0.6 is 0 Å². The summed E-state index contributed by atoms with van der Waals surface area (Å²) in [4.78, 5) is 4.18. The van der Waals surface area contributed by atoms with E-state index in [0.29, 0.717) is 5.92 Å². The maximum absolute atomic E-state index is 6.14. The lowest BCUT2D eigenvalue weighted by Gasteiger charge is -2.45. The van der Waals surface area contributed by atoms with Gasteiger partial charge >= 0.3 is 0 Å². The lowest BCUT2D eigenvalue weighted by atomic mass is 9.76. The van der Waals surface area contributed by atoms with E-state index in [4.69, 9.17) is 15.3 Å². The average molecular weight is 291 g/mol. The van der Waals surface area contributed by atoms with Crippen LogP contribution in [-0.2, 0) is 9.47 Å². The zero-order valence-corrected chi connectivity index (χ0v) is 12.7. The van der Waals surface area contributed by atoms with E-state index in [1.165, 1.54) is 11.1 Å². The van der Waals surface area contributed by atoms with Crippen molar-refractivity contribution in [1.29, 1.82) is 0 Å². The van der Waals surface area contributed by atoms with Crippen LogP contribution in [0.4, 0.5) is 0 Å². The summed E-state index contributed by atoms with van der Waals surface area (Å²) in [6.07, 6.45) is 7.83. The van der Waals surface area contributed by atoms with Crippen molar-refractivity contribution in [1.82, 2.24) is 10.4 Å². The Morgan fingerprint density at radius 3 is 2.90 bits per heavy atom. The second-order valence-electron chi connectivity index (χ2n) is 6.27. The molecule has 2 fully saturated rings. The summed E-state index contributed by atoms with van der Waals surface area (Å²) in [5, 5.41) is 0. The summed E-state index contributed by atoms with van der Waals surface area (Å²) in [5.41, 5.74) is 5.47. The third-order valence-corrected chi connectivity index (χ3v) is 4.98. The van der Waals surface area contributed by atoms with Gasteiger partial charge in [-0.05, 0) is 55.7 Å². The average Bonchev–Trinajstić information content (AvgIpc) is 2.51. The topological polar surface area (TPSA) is 69.4 Å². The molecule has 1 aromatic rings. The number of nitrogens with two attached hydrogens (primary N) is 1. The molecule has 3 N–H and O–H groups in total. The van der Waals surface area contributed by atoms with Gasteiger partial charge < -0.3 is 9.47 Å². The molecule has 0 aromatic carbocycles. The molecule has 0 aliphatic carbocycles. The Bertz CT molecular complexity index is 469. The van der Waals surface area contributed by atoms with Crippen LogP contribution in [0.5, 0.6) is 0 Å². The fourth-order valence-electron chi connectivity index (χ4n) is 3.75. The molecule has 116 valence electrons. The third-order valence-electron chi connectivity index (χ3n) is 4.98. The molecule has 3 heterocycles. The Hall–Kier alpha value is -1.01. The minimum absolute atomic E-state index is 0.00278. The smallest absolute Gasteiger partial charge is 0.0729 e. The van der Waals surface area contributed by atoms with Crippen molar-refractivity contribution in [3.8, 4) is 0 Å². The normalized spacial score (nSPS) is 26.7. The lowest BCUT2D eigenvalue weighted by molar-refractivity contribution is -0.150. The van der Waals surface area contributed by atoms with E-state index in [0.717, 1.165) is 45.5 Å². The number of pyridine rings is 1. The summed E-state index contributed by atoms with van der Waals surface area (Å²) in [5.74, 6) is 6.38. The predicted octanol–water partition coefficient (Wildman–Crippen LogP) is 1.87. The van der Waals surface area contributed by atoms with Crippen molar-refractivity contribution >= 4 is 0 Å². The maximum atomic E-state index is 6.14. The molecule has 2 saturated heterocycles. The Kier molecular flexibility index (Phi) is 4.54. The maximum Gasteiger partial charge on any atom is 0.0729 e. The highest BCUT2D eigenvalue weighted by Gasteiger charge is 2.41. The number of ether oxygens (including phenoxy) is 2. The van der Waals surface area contributed by atoms with Crippen molar-refractivity contribution in [3.63, 3.8) is 0 Å². The van der Waals surface area contributed by atoms with Crippen molar-refractivity contribution in [2.45, 2.75) is 44.2 Å². The van der Waals surface area contributed by atoms with Gasteiger partial charge in [0.25, 0.3) is 0 Å². The van der Waals surface area contributed by atoms with Crippen LogP contribution in [-0.4, -0.2) is 30.4 Å². The first-order valence-corrected chi connectivity index (χ1v) is 7.82. The highest BCUT2D eigenvalue weighted by atomic mass is 16.5. The number of hydrogen-bond acceptors (Lipinski definition) is 5. The fourth-order valence-corrected chi connectivity index (χ4v) is 3.75. The van der Waals surface area contributed by atoms with E-state index in [2.05, 4.69) is 23.4 Å². The first-order valence-electron chi connectivity index (χ1n) is 7.82. The van der Waals surface area contributed by atoms with Gasteiger partial charge in [-0.15, -0.1) is 0 Å². The Balaban J connectivity index is 1.79. The fraction of sp³-hybridized carbons (Fsp3) is 0.688. The van der Waals surface area contributed by atoms with Crippen LogP contribution in [0.15, 0.2) is 18.5 Å². The molecule has 5 nitrogen and oxygen atoms in total. The number of hydrogen-bond donors (Lipinski definition) is 2. The monoisotopic (exact) mass is 291 g/mol. The number of rotatable bonds is 3. The van der Waals surface area contributed by atoms with Crippen LogP contribution in [0.25, 0.3) is 0 Å². The number of aromatic nitrogens is 1. The predicted molar refractivity (Wildman–Crippen MR) is 80.5 cm³/mol. The van der Waals surface area contributed by atoms with Gasteiger partial charge in [0.1, 0.15) is 0 Å². The quantitative estimate of drug-likeness (QED) is 0.657. The van der Waals surface area contributed by atoms with Crippen LogP contribution in [0.3, 0.4) is 0 Å². The molecule has 21 heavy (non-hydrogen) atoms. The molecule has 1 spiro atoms. The van der Waals surface area contributed by atoms with Gasteiger partial charge in [0.05, 0.1) is 5.60 Å². The molecule has 2 unspecified atom stereocenters. The number of nitrogens with one attached hydrogen (secondary N) is 1. The molecule has 1 aromatic heterocycles. The standard InChI is InChI=1S/C16H25N3O2/c1-12-11-18-6-2-14(12)15(19-17)13-3-7-21-16(10-13)4-8-20-9-5-16/h2,6,11,13,15,19H,3-5,7-10,17H2,1H3. The molecular formula is C16H25N3O2. The van der Waals surface area contributed by atoms with E-state index < -0.39 is 0 Å². The molecule has 3 rings (SSSR count). The first-order chi connectivity index (χ1) is 10.2. The van der Waals surface area contributed by atoms with E-state index >= 15 is 0 Å². The van der Waals surface area contributed by atoms with Crippen molar-refractivity contribution in [2.75, 3.05) is 19.8 Å². The van der Waals surface area contributed by atoms with E-state index in [1.54, 1.807) is 0 Å². The lowest BCUT2D eigenvalue weighted by Crippen LogP contribution is -2.47. The van der Waals surface area contributed by atoms with Gasteiger partial charge in [0.15, 0.2) is 0 Å². The van der Waals surface area contributed by atoms with Gasteiger partial charge in [0, 0.05) is 38.3 Å². The number of nitrogens with zero attached hydrogens (tertiary/aromatic N) is 1. The highest BCUT2D eigenvalue weighted by molar-refractivity contribution is 5.26. The zero-order chi connectivity index (χ0) is 14.7. The van der Waals surface area contributed by atoms with Gasteiger partial charge in [-0.1, -0.05) is 0 Å². The highest BCUT2D eigenvalue weighted by Crippen LogP contribution is 2.41. The molecule has 2 aliphatic heterocycles. The molecule has 5 heteroatoms. The van der Waals surface area contributed by atoms with Crippen LogP contribution < -0.4 is 11.3 Å². The van der Waals surface area contributed by atoms with Crippen LogP contribution in [0.2, 0.25) is 0 Å². The molecule has 0 saturated carbocycles. The number of aryl methyl sites for hydroxylation is 1. The third kappa shape index (κ3) is 3.11. The Labute approximate surface area is 126 Å². The van der Waals surface area contributed by atoms with Gasteiger partial charge in [0.2, 0.25) is 0 Å². The zero-order valence-electron chi connectivity index (χ0n) is 12.7. The van der Waals surface area contributed by atoms with Crippen LogP contribution in [0.1, 0.15) is 42.9 Å². The summed E-state index contributed by atoms with van der Waals surface area (Å²) < 4.78 is 11.6. The second kappa shape index (κ2) is 6.40. The van der Waals surface area contributed by atoms with Crippen molar-refractivity contribution < 1.29 is 9.47 Å². The van der Waals surface area contributed by atoms with Gasteiger partial charge in [-0.3, -0.25) is 16.3 Å². The molecule has 2 aliphatic rings. The molecule has 2 atom stereocenters. The van der Waals surface area contributed by atoms with Crippen LogP contribution in [0, 0.1) is 12.8 Å². The Morgan fingerprint density at radius 2 is 2.19 bits per heavy atom. The summed E-state index contributed by atoms with van der Waals surface area (Å²) in [7, 11) is 0. The van der Waals surface area contributed by atoms with Crippen molar-refractivity contribution in [2.24, 2.45) is 11.8 Å². The van der Waals surface area contributed by atoms with E-state index in [-0.39, 0.29) is 11.6 Å². The van der Waals surface area contributed by atoms with Gasteiger partial charge in [-0.25, -0.2) is 0 Å². The first kappa shape index (κ1) is 14.9. The SMILES string of the molecule is Cc1cnccc1C(NN)C1CCOC2(CCOCC2)C1. The minimum Gasteiger partial charge on any atom is -0.381 e. The molecule has 0 amide bonds. The molecular weight excluding hydrogens is 266 g/mol. The van der Waals surface area contributed by atoms with E-state index in [9.17, 15) is 0 Å². The molecule has 0 bridgehead atoms. The summed E-state index contributed by atoms with van der Waals surface area (Å²) in [6.45, 7) is 4.52. The second-order valence-corrected chi connectivity index (χ2v) is 6.27. The number of hydrazine groups is 1. The Morgan fingerprint density at radius 1 is 1.38 bits per heavy atom. The van der Waals surface area contributed by atoms with E-state index in [1.807, 2.05) is 12.4 Å². The minimum atomic E-state index is -0.00278. The van der Waals surface area contributed by atoms with Crippen molar-refractivity contribution in [3.05, 3.63) is 29.6 Å². The van der Waals surface area contributed by atoms with Gasteiger partial charge in [-0.2, -0.15) is 0 Å². The summed E-state index contributed by atoms with van der Waals surface area (Å²) in [6, 6.07) is 2.24. The molecule has 0 radical (unpaired) electrons. The summed E-state index contributed by atoms with van der Waals surface area (Å²) >= 11 is 0. The largest absolute Gasteiger partial charge is 0.381 e.